The van der Waals surface area contributed by atoms with Crippen molar-refractivity contribution in [3.63, 3.8) is 0 Å². The van der Waals surface area contributed by atoms with Crippen LogP contribution in [-0.4, -0.2) is 77.5 Å². The molecule has 1 saturated heterocycles. The van der Waals surface area contributed by atoms with Crippen molar-refractivity contribution in [3.05, 3.63) is 6.33 Å². The molecular formula is C20H31N6O10P. The number of methoxy groups -OCH3 is 1. The van der Waals surface area contributed by atoms with Crippen LogP contribution in [-0.2, 0) is 37.4 Å². The molecule has 1 fully saturated rings. The minimum Gasteiger partial charge on any atom is -0.476 e. The number of esters is 1. The zero-order chi connectivity index (χ0) is 27.0. The summed E-state index contributed by atoms with van der Waals surface area (Å²) in [7, 11) is -2.97. The molecule has 0 aromatic carbocycles. The van der Waals surface area contributed by atoms with E-state index in [2.05, 4.69) is 29.5 Å². The van der Waals surface area contributed by atoms with Crippen molar-refractivity contribution in [1.82, 2.24) is 24.6 Å². The Morgan fingerprint density at radius 3 is 2.78 bits per heavy atom. The highest BCUT2D eigenvalue weighted by Crippen LogP contribution is 2.46. The molecule has 1 aliphatic heterocycles. The lowest BCUT2D eigenvalue weighted by atomic mass is 10.2. The van der Waals surface area contributed by atoms with Gasteiger partial charge in [0, 0.05) is 0 Å². The number of ether oxygens (including phenoxy) is 5. The molecule has 37 heavy (non-hydrogen) atoms. The minimum atomic E-state index is -4.15. The second-order valence-corrected chi connectivity index (χ2v) is 9.39. The van der Waals surface area contributed by atoms with Crippen LogP contribution in [0.25, 0.3) is 11.2 Å². The lowest BCUT2D eigenvalue weighted by Crippen LogP contribution is -2.28. The Morgan fingerprint density at radius 2 is 2.08 bits per heavy atom. The van der Waals surface area contributed by atoms with Gasteiger partial charge in [-0.2, -0.15) is 9.97 Å². The molecule has 0 saturated carbocycles. The summed E-state index contributed by atoms with van der Waals surface area (Å²) in [5, 5.41) is 2.38. The number of fused-ring (bicyclic) bond motifs is 1. The van der Waals surface area contributed by atoms with Gasteiger partial charge in [0.1, 0.15) is 12.8 Å². The van der Waals surface area contributed by atoms with Gasteiger partial charge >= 0.3 is 19.9 Å². The van der Waals surface area contributed by atoms with Gasteiger partial charge in [-0.15, -0.1) is 0 Å². The third-order valence-electron chi connectivity index (χ3n) is 4.97. The third-order valence-corrected chi connectivity index (χ3v) is 6.58. The number of nitrogens with one attached hydrogen (secondary N) is 1. The van der Waals surface area contributed by atoms with Crippen molar-refractivity contribution in [2.75, 3.05) is 39.2 Å². The molecule has 16 nitrogen and oxygen atoms in total. The Kier molecular flexibility index (Phi) is 10.00. The number of anilines is 1. The van der Waals surface area contributed by atoms with E-state index in [1.807, 2.05) is 6.92 Å². The van der Waals surface area contributed by atoms with E-state index in [9.17, 15) is 14.2 Å². The Balaban J connectivity index is 1.65. The van der Waals surface area contributed by atoms with E-state index in [0.717, 1.165) is 0 Å². The lowest BCUT2D eigenvalue weighted by molar-refractivity contribution is -0.139. The molecule has 3 rings (SSSR count). The lowest BCUT2D eigenvalue weighted by Gasteiger charge is -2.23. The molecule has 1 aliphatic rings. The van der Waals surface area contributed by atoms with Crippen LogP contribution in [0.1, 0.15) is 39.8 Å². The number of nitrogen functional groups attached to an aromatic ring is 1. The van der Waals surface area contributed by atoms with Crippen molar-refractivity contribution < 1.29 is 46.9 Å². The predicted molar refractivity (Wildman–Crippen MR) is 126 cm³/mol. The molecule has 0 radical (unpaired) electrons. The van der Waals surface area contributed by atoms with Crippen molar-refractivity contribution in [3.8, 4) is 5.88 Å². The summed E-state index contributed by atoms with van der Waals surface area (Å²) in [6, 6.07) is 0. The maximum absolute atomic E-state index is 13.3. The van der Waals surface area contributed by atoms with Crippen molar-refractivity contribution >= 4 is 37.0 Å². The number of rotatable bonds is 13. The van der Waals surface area contributed by atoms with Crippen molar-refractivity contribution in [1.29, 1.82) is 0 Å². The first kappa shape index (κ1) is 28.5. The monoisotopic (exact) mass is 546 g/mol. The van der Waals surface area contributed by atoms with E-state index in [1.54, 1.807) is 17.8 Å². The standard InChI is InChI=1S/C20H31N6O10P/c1-5-31-18-16-17(24-19(21)25-18)26(11-22-16)14-8-7-13(35-14)10-33-37(29,23-9-15(27)30-4)36-12(3)34-20(28)32-6-2/h11-14H,5-10H2,1-4H3,(H,23,29)(H2,21,24,25). The number of carbonyl (C=O) groups excluding carboxylic acids is 2. The van der Waals surface area contributed by atoms with Gasteiger partial charge in [-0.3, -0.25) is 18.4 Å². The van der Waals surface area contributed by atoms with E-state index in [1.165, 1.54) is 14.0 Å². The van der Waals surface area contributed by atoms with Gasteiger partial charge in [0.25, 0.3) is 0 Å². The molecule has 0 amide bonds. The van der Waals surface area contributed by atoms with Crippen LogP contribution in [0.2, 0.25) is 0 Å². The molecular weight excluding hydrogens is 515 g/mol. The van der Waals surface area contributed by atoms with E-state index in [-0.39, 0.29) is 25.0 Å². The van der Waals surface area contributed by atoms with Crippen LogP contribution in [0.4, 0.5) is 10.7 Å². The quantitative estimate of drug-likeness (QED) is 0.210. The largest absolute Gasteiger partial charge is 0.510 e. The Morgan fingerprint density at radius 1 is 1.30 bits per heavy atom. The number of nitrogens with zero attached hydrogens (tertiary/aromatic N) is 4. The summed E-state index contributed by atoms with van der Waals surface area (Å²) in [5.74, 6) is -0.400. The van der Waals surface area contributed by atoms with E-state index >= 15 is 0 Å². The van der Waals surface area contributed by atoms with Gasteiger partial charge in [0.15, 0.2) is 11.2 Å². The van der Waals surface area contributed by atoms with Gasteiger partial charge in [0.05, 0.1) is 39.4 Å². The number of hydrogen-bond acceptors (Lipinski definition) is 14. The molecule has 0 aliphatic carbocycles. The summed E-state index contributed by atoms with van der Waals surface area (Å²) in [4.78, 5) is 35.8. The van der Waals surface area contributed by atoms with Crippen LogP contribution in [0.3, 0.4) is 0 Å². The summed E-state index contributed by atoms with van der Waals surface area (Å²) in [6.07, 6.45) is -0.626. The molecule has 2 aromatic heterocycles. The van der Waals surface area contributed by atoms with Gasteiger partial charge < -0.3 is 29.4 Å². The molecule has 3 heterocycles. The summed E-state index contributed by atoms with van der Waals surface area (Å²) < 4.78 is 51.4. The summed E-state index contributed by atoms with van der Waals surface area (Å²) in [5.41, 5.74) is 6.71. The summed E-state index contributed by atoms with van der Waals surface area (Å²) in [6.45, 7) is 4.56. The molecule has 4 atom stereocenters. The SMILES string of the molecule is CCOC(=O)OC(C)OP(=O)(NCC(=O)OC)OCC1CCC(n2cnc3c(OCC)nc(N)nc32)O1. The second-order valence-electron chi connectivity index (χ2n) is 7.61. The number of hydrogen-bond donors (Lipinski definition) is 2. The van der Waals surface area contributed by atoms with Gasteiger partial charge in [-0.05, 0) is 33.6 Å². The van der Waals surface area contributed by atoms with Crippen molar-refractivity contribution in [2.45, 2.75) is 52.2 Å². The predicted octanol–water partition coefficient (Wildman–Crippen LogP) is 1.91. The fourth-order valence-electron chi connectivity index (χ4n) is 3.40. The van der Waals surface area contributed by atoms with Crippen LogP contribution < -0.4 is 15.6 Å². The van der Waals surface area contributed by atoms with Crippen molar-refractivity contribution in [2.24, 2.45) is 0 Å². The molecule has 0 bridgehead atoms. The van der Waals surface area contributed by atoms with E-state index < -0.39 is 45.0 Å². The van der Waals surface area contributed by atoms with E-state index in [4.69, 9.17) is 29.0 Å². The normalized spacial score (nSPS) is 19.8. The molecule has 0 spiro atoms. The fraction of sp³-hybridized carbons (Fsp3) is 0.650. The minimum absolute atomic E-state index is 0.0319. The molecule has 2 aromatic rings. The molecule has 4 unspecified atom stereocenters. The second kappa shape index (κ2) is 13.0. The van der Waals surface area contributed by atoms with Crippen LogP contribution in [0, 0.1) is 0 Å². The molecule has 206 valence electrons. The average Bonchev–Trinajstić information content (AvgIpc) is 3.48. The first-order chi connectivity index (χ1) is 17.7. The zero-order valence-corrected chi connectivity index (χ0v) is 21.8. The van der Waals surface area contributed by atoms with Gasteiger partial charge in [-0.25, -0.2) is 19.4 Å². The maximum atomic E-state index is 13.3. The Hall–Kier alpha value is -3.04. The first-order valence-corrected chi connectivity index (χ1v) is 13.1. The summed E-state index contributed by atoms with van der Waals surface area (Å²) >= 11 is 0. The van der Waals surface area contributed by atoms with Crippen LogP contribution in [0.15, 0.2) is 6.33 Å². The van der Waals surface area contributed by atoms with Gasteiger partial charge in [0.2, 0.25) is 18.1 Å². The molecule has 17 heteroatoms. The first-order valence-electron chi connectivity index (χ1n) is 11.5. The van der Waals surface area contributed by atoms with Gasteiger partial charge in [-0.1, -0.05) is 0 Å². The Labute approximate surface area is 212 Å². The fourth-order valence-corrected chi connectivity index (χ4v) is 4.75. The maximum Gasteiger partial charge on any atom is 0.510 e. The van der Waals surface area contributed by atoms with Crippen LogP contribution in [0.5, 0.6) is 5.88 Å². The highest BCUT2D eigenvalue weighted by Gasteiger charge is 2.35. The highest BCUT2D eigenvalue weighted by molar-refractivity contribution is 7.51. The zero-order valence-electron chi connectivity index (χ0n) is 20.9. The third kappa shape index (κ3) is 7.72. The number of imidazole rings is 1. The number of aromatic nitrogens is 4. The smallest absolute Gasteiger partial charge is 0.476 e. The number of carbonyl (C=O) groups is 2. The molecule has 3 N–H and O–H groups in total. The topological polar surface area (TPSA) is 197 Å². The average molecular weight is 546 g/mol. The van der Waals surface area contributed by atoms with Crippen LogP contribution >= 0.6 is 7.75 Å². The number of nitrogens with two attached hydrogens (primary N) is 1. The highest BCUT2D eigenvalue weighted by atomic mass is 31.2. The Bertz CT molecular complexity index is 1130. The van der Waals surface area contributed by atoms with E-state index in [0.29, 0.717) is 30.6 Å².